The topological polar surface area (TPSA) is 90.7 Å². The van der Waals surface area contributed by atoms with E-state index in [4.69, 9.17) is 16.7 Å². The highest BCUT2D eigenvalue weighted by molar-refractivity contribution is 5.67. The van der Waals surface area contributed by atoms with Gasteiger partial charge in [0.05, 0.1) is 6.85 Å². The number of carbonyl (C=O) groups is 2. The van der Waals surface area contributed by atoms with E-state index in [1.165, 1.54) is 20.8 Å². The Morgan fingerprint density at radius 3 is 2.56 bits per heavy atom. The summed E-state index contributed by atoms with van der Waals surface area (Å²) in [5.41, 5.74) is 1.71. The average Bonchev–Trinajstić information content (AvgIpc) is 2.28. The van der Waals surface area contributed by atoms with E-state index in [0.29, 0.717) is 0 Å². The molecular weight excluding hydrogens is 236 g/mol. The second-order valence-corrected chi connectivity index (χ2v) is 3.80. The van der Waals surface area contributed by atoms with Crippen LogP contribution < -0.4 is 11.1 Å². The molecule has 0 saturated carbocycles. The number of alkyl carbamates (subject to hydrolysis) is 1. The van der Waals surface area contributed by atoms with Gasteiger partial charge in [-0.3, -0.25) is 0 Å². The third-order valence-corrected chi connectivity index (χ3v) is 1.62. The Balaban J connectivity index is 6.29. The molecule has 3 N–H and O–H groups in total. The molecule has 1 atom stereocenters. The fraction of sp³-hybridized carbons (Fsp3) is 0.833. The first-order valence-electron chi connectivity index (χ1n) is 9.32. The Morgan fingerprint density at radius 2 is 2.11 bits per heavy atom. The molecule has 18 heavy (non-hydrogen) atoms. The lowest BCUT2D eigenvalue weighted by molar-refractivity contribution is 0.0333. The minimum Gasteiger partial charge on any atom is -0.449 e. The maximum Gasteiger partial charge on any atom is 0.407 e. The van der Waals surface area contributed by atoms with Crippen molar-refractivity contribution in [2.24, 2.45) is 11.1 Å². The highest BCUT2D eigenvalue weighted by Gasteiger charge is 2.27. The van der Waals surface area contributed by atoms with Crippen LogP contribution in [0.15, 0.2) is 0 Å². The fourth-order valence-corrected chi connectivity index (χ4v) is 0.998. The fourth-order valence-electron chi connectivity index (χ4n) is 0.998. The van der Waals surface area contributed by atoms with Crippen LogP contribution in [-0.2, 0) is 9.47 Å². The van der Waals surface area contributed by atoms with Crippen LogP contribution in [-0.4, -0.2) is 31.3 Å². The number of rotatable bonds is 7. The molecule has 0 radical (unpaired) electrons. The molecule has 106 valence electrons. The molecule has 6 heteroatoms. The molecule has 0 spiro atoms. The van der Waals surface area contributed by atoms with Gasteiger partial charge in [-0.15, -0.1) is 0 Å². The Hall–Kier alpha value is -1.46. The van der Waals surface area contributed by atoms with Gasteiger partial charge in [0.15, 0.2) is 0 Å². The van der Waals surface area contributed by atoms with E-state index in [1.54, 1.807) is 0 Å². The highest BCUT2D eigenvalue weighted by Crippen LogP contribution is 2.24. The smallest absolute Gasteiger partial charge is 0.407 e. The summed E-state index contributed by atoms with van der Waals surface area (Å²) >= 11 is 0. The summed E-state index contributed by atoms with van der Waals surface area (Å²) in [5.74, 6) is 0. The van der Waals surface area contributed by atoms with Crippen molar-refractivity contribution in [2.75, 3.05) is 13.1 Å². The Kier molecular flexibility index (Phi) is 3.12. The predicted molar refractivity (Wildman–Crippen MR) is 68.2 cm³/mol. The number of ether oxygens (including phenoxy) is 2. The second-order valence-electron chi connectivity index (χ2n) is 3.80. The second kappa shape index (κ2) is 7.79. The highest BCUT2D eigenvalue weighted by atomic mass is 16.6. The van der Waals surface area contributed by atoms with Crippen molar-refractivity contribution in [3.8, 4) is 0 Å². The van der Waals surface area contributed by atoms with Gasteiger partial charge in [0.2, 0.25) is 0 Å². The Bertz CT molecular complexity index is 532. The molecule has 2 amide bonds. The van der Waals surface area contributed by atoms with Crippen molar-refractivity contribution in [3.63, 3.8) is 0 Å². The lowest BCUT2D eigenvalue weighted by Gasteiger charge is -2.27. The van der Waals surface area contributed by atoms with E-state index in [-0.39, 0.29) is 6.42 Å². The van der Waals surface area contributed by atoms with Crippen LogP contribution in [0.1, 0.15) is 51.4 Å². The van der Waals surface area contributed by atoms with Crippen LogP contribution in [0.5, 0.6) is 0 Å². The molecular formula is C12H24N2O4. The van der Waals surface area contributed by atoms with Crippen molar-refractivity contribution in [1.82, 2.24) is 5.32 Å². The number of primary amides is 1. The third-order valence-electron chi connectivity index (χ3n) is 1.62. The van der Waals surface area contributed by atoms with Crippen molar-refractivity contribution in [3.05, 3.63) is 0 Å². The largest absolute Gasteiger partial charge is 0.449 e. The maximum atomic E-state index is 11.9. The number of hydrogen-bond donors (Lipinski definition) is 2. The van der Waals surface area contributed by atoms with Gasteiger partial charge < -0.3 is 20.5 Å². The quantitative estimate of drug-likeness (QED) is 0.739. The van der Waals surface area contributed by atoms with Crippen LogP contribution >= 0.6 is 0 Å². The van der Waals surface area contributed by atoms with E-state index >= 15 is 0 Å². The van der Waals surface area contributed by atoms with Crippen LogP contribution in [0.2, 0.25) is 0 Å². The SMILES string of the molecule is [2H]C(C)(C)NC(=O)OC([2H])([2H])C(CCC)(C([2H])([2H])[2H])C([2H])([2H])OC(N)=O. The number of carbonyl (C=O) groups excluding carboxylic acids is 2. The molecule has 0 aromatic carbocycles. The molecule has 0 heterocycles. The molecule has 0 aromatic heterocycles. The summed E-state index contributed by atoms with van der Waals surface area (Å²) in [6.45, 7) is -6.35. The average molecular weight is 268 g/mol. The normalized spacial score (nSPS) is 23.3. The molecule has 0 aliphatic heterocycles. The van der Waals surface area contributed by atoms with Gasteiger partial charge in [-0.05, 0) is 20.3 Å². The van der Waals surface area contributed by atoms with E-state index in [2.05, 4.69) is 9.47 Å². The number of amides is 2. The van der Waals surface area contributed by atoms with Gasteiger partial charge in [0, 0.05) is 15.5 Å². The molecule has 0 aromatic rings. The van der Waals surface area contributed by atoms with Gasteiger partial charge in [0.25, 0.3) is 0 Å². The Morgan fingerprint density at radius 1 is 1.50 bits per heavy atom. The number of hydrogen-bond acceptors (Lipinski definition) is 4. The molecule has 0 saturated heterocycles. The molecule has 0 bridgehead atoms. The van der Waals surface area contributed by atoms with Crippen LogP contribution in [0.25, 0.3) is 0 Å². The first-order chi connectivity index (χ1) is 11.3. The van der Waals surface area contributed by atoms with E-state index in [1.807, 2.05) is 5.32 Å². The molecule has 0 aliphatic rings. The van der Waals surface area contributed by atoms with Gasteiger partial charge in [-0.25, -0.2) is 9.59 Å². The molecule has 0 rings (SSSR count). The van der Waals surface area contributed by atoms with Gasteiger partial charge >= 0.3 is 12.2 Å². The van der Waals surface area contributed by atoms with Crippen LogP contribution in [0, 0.1) is 5.41 Å². The maximum absolute atomic E-state index is 11.9. The van der Waals surface area contributed by atoms with Crippen molar-refractivity contribution in [2.45, 2.75) is 46.5 Å². The standard InChI is InChI=1S/C12H24N2O4/c1-5-6-12(4,7-17-10(13)15)8-18-11(16)14-9(2)3/h9H,5-8H2,1-4H3,(H2,13,15)(H,14,16)/i4D3,7D2,8D2,9D. The van der Waals surface area contributed by atoms with Gasteiger partial charge in [-0.1, -0.05) is 20.2 Å². The lowest BCUT2D eigenvalue weighted by Crippen LogP contribution is -2.37. The summed E-state index contributed by atoms with van der Waals surface area (Å²) in [7, 11) is 0. The first-order valence-corrected chi connectivity index (χ1v) is 5.32. The summed E-state index contributed by atoms with van der Waals surface area (Å²) < 4.78 is 71.3. The van der Waals surface area contributed by atoms with E-state index in [9.17, 15) is 9.59 Å². The summed E-state index contributed by atoms with van der Waals surface area (Å²) in [4.78, 5) is 22.9. The Labute approximate surface area is 119 Å². The monoisotopic (exact) mass is 268 g/mol. The van der Waals surface area contributed by atoms with Crippen LogP contribution in [0.3, 0.4) is 0 Å². The van der Waals surface area contributed by atoms with Crippen LogP contribution in [0.4, 0.5) is 9.59 Å². The molecule has 0 fully saturated rings. The zero-order chi connectivity index (χ0) is 21.2. The number of nitrogens with one attached hydrogen (secondary N) is 1. The minimum absolute atomic E-state index is 0.0472. The van der Waals surface area contributed by atoms with Gasteiger partial charge in [-0.2, -0.15) is 0 Å². The van der Waals surface area contributed by atoms with E-state index < -0.39 is 50.0 Å². The summed E-state index contributed by atoms with van der Waals surface area (Å²) in [5, 5.41) is 1.96. The summed E-state index contributed by atoms with van der Waals surface area (Å²) in [6, 6.07) is -1.57. The lowest BCUT2D eigenvalue weighted by atomic mass is 9.87. The zero-order valence-corrected chi connectivity index (χ0v) is 10.6. The number of nitrogens with two attached hydrogens (primary N) is 1. The first kappa shape index (κ1) is 7.21. The van der Waals surface area contributed by atoms with E-state index in [0.717, 1.165) is 0 Å². The third kappa shape index (κ3) is 7.76. The molecule has 6 nitrogen and oxygen atoms in total. The zero-order valence-electron chi connectivity index (χ0n) is 18.6. The molecule has 1 unspecified atom stereocenters. The van der Waals surface area contributed by atoms with Gasteiger partial charge in [0.1, 0.15) is 13.1 Å². The van der Waals surface area contributed by atoms with Crippen molar-refractivity contribution in [1.29, 1.82) is 0 Å². The summed E-state index contributed by atoms with van der Waals surface area (Å²) in [6.07, 6.45) is -3.86. The van der Waals surface area contributed by atoms with Crippen molar-refractivity contribution < 1.29 is 30.0 Å². The predicted octanol–water partition coefficient (Wildman–Crippen LogP) is 2.02. The molecule has 0 aliphatic carbocycles. The van der Waals surface area contributed by atoms with Crippen molar-refractivity contribution >= 4 is 12.2 Å². The minimum atomic E-state index is -3.46.